The van der Waals surface area contributed by atoms with Gasteiger partial charge in [-0.2, -0.15) is 0 Å². The zero-order valence-electron chi connectivity index (χ0n) is 10.7. The smallest absolute Gasteiger partial charge is 0.186 e. The lowest BCUT2D eigenvalue weighted by Crippen LogP contribution is -2.36. The van der Waals surface area contributed by atoms with Gasteiger partial charge in [0.2, 0.25) is 0 Å². The summed E-state index contributed by atoms with van der Waals surface area (Å²) in [7, 11) is 0. The molecule has 0 saturated heterocycles. The zero-order chi connectivity index (χ0) is 12.3. The monoisotopic (exact) mass is 251 g/mol. The molecule has 1 saturated carbocycles. The van der Waals surface area contributed by atoms with E-state index in [-0.39, 0.29) is 5.78 Å². The van der Waals surface area contributed by atoms with Gasteiger partial charge in [0.05, 0.1) is 11.4 Å². The molecule has 0 spiro atoms. The molecule has 1 aliphatic rings. The van der Waals surface area contributed by atoms with Crippen molar-refractivity contribution in [3.63, 3.8) is 0 Å². The highest BCUT2D eigenvalue weighted by Gasteiger charge is 2.21. The highest BCUT2D eigenvalue weighted by atomic mass is 32.1. The van der Waals surface area contributed by atoms with Crippen LogP contribution < -0.4 is 0 Å². The van der Waals surface area contributed by atoms with Crippen molar-refractivity contribution in [3.05, 3.63) is 21.9 Å². The molecule has 17 heavy (non-hydrogen) atoms. The average molecular weight is 251 g/mol. The molecule has 2 nitrogen and oxygen atoms in total. The van der Waals surface area contributed by atoms with Crippen molar-refractivity contribution in [3.8, 4) is 0 Å². The molecular formula is C14H21NOS. The molecule has 94 valence electrons. The van der Waals surface area contributed by atoms with E-state index in [4.69, 9.17) is 0 Å². The number of Topliss-reactive ketones (excluding diaryl/α,β-unsaturated/α-hetero) is 1. The van der Waals surface area contributed by atoms with Gasteiger partial charge >= 0.3 is 0 Å². The van der Waals surface area contributed by atoms with E-state index >= 15 is 0 Å². The number of carbonyl (C=O) groups is 1. The van der Waals surface area contributed by atoms with Crippen molar-refractivity contribution in [2.75, 3.05) is 19.6 Å². The predicted octanol–water partition coefficient (Wildman–Crippen LogP) is 3.36. The first kappa shape index (κ1) is 12.8. The van der Waals surface area contributed by atoms with E-state index in [1.54, 1.807) is 11.3 Å². The van der Waals surface area contributed by atoms with Crippen LogP contribution in [0.3, 0.4) is 0 Å². The van der Waals surface area contributed by atoms with Crippen LogP contribution in [-0.4, -0.2) is 30.3 Å². The van der Waals surface area contributed by atoms with Crippen molar-refractivity contribution < 1.29 is 4.79 Å². The summed E-state index contributed by atoms with van der Waals surface area (Å²) in [5.74, 6) is 1.12. The standard InChI is InChI=1S/C14H21NOS/c1-3-15(9-12-5-4-6-12)10-13(16)14-8-7-11(2)17-14/h7-8,12H,3-6,9-10H2,1-2H3. The summed E-state index contributed by atoms with van der Waals surface area (Å²) in [6.45, 7) is 6.87. The minimum atomic E-state index is 0.282. The van der Waals surface area contributed by atoms with Crippen molar-refractivity contribution in [1.82, 2.24) is 4.90 Å². The first-order valence-electron chi connectivity index (χ1n) is 6.51. The lowest BCUT2D eigenvalue weighted by atomic mass is 9.85. The Balaban J connectivity index is 1.86. The maximum absolute atomic E-state index is 12.1. The Labute approximate surface area is 108 Å². The van der Waals surface area contributed by atoms with E-state index in [0.29, 0.717) is 6.54 Å². The molecule has 1 fully saturated rings. The summed E-state index contributed by atoms with van der Waals surface area (Å²) in [6.07, 6.45) is 4.08. The zero-order valence-corrected chi connectivity index (χ0v) is 11.6. The summed E-state index contributed by atoms with van der Waals surface area (Å²) in [6, 6.07) is 3.99. The SMILES string of the molecule is CCN(CC(=O)c1ccc(C)s1)CC1CCC1. The fourth-order valence-corrected chi connectivity index (χ4v) is 3.01. The minimum Gasteiger partial charge on any atom is -0.296 e. The summed E-state index contributed by atoms with van der Waals surface area (Å²) in [5, 5.41) is 0. The molecule has 0 bridgehead atoms. The van der Waals surface area contributed by atoms with Gasteiger partial charge in [-0.3, -0.25) is 9.69 Å². The third-order valence-electron chi connectivity index (χ3n) is 3.57. The third-order valence-corrected chi connectivity index (χ3v) is 4.61. The van der Waals surface area contributed by atoms with Crippen LogP contribution in [-0.2, 0) is 0 Å². The van der Waals surface area contributed by atoms with Crippen LogP contribution in [0.2, 0.25) is 0 Å². The molecule has 0 radical (unpaired) electrons. The van der Waals surface area contributed by atoms with Gasteiger partial charge in [-0.05, 0) is 44.4 Å². The van der Waals surface area contributed by atoms with Crippen molar-refractivity contribution in [2.45, 2.75) is 33.1 Å². The van der Waals surface area contributed by atoms with E-state index in [1.807, 2.05) is 19.1 Å². The Kier molecular flexibility index (Phi) is 4.35. The first-order chi connectivity index (χ1) is 8.19. The maximum Gasteiger partial charge on any atom is 0.186 e. The Morgan fingerprint density at radius 2 is 2.24 bits per heavy atom. The summed E-state index contributed by atoms with van der Waals surface area (Å²) in [4.78, 5) is 16.5. The van der Waals surface area contributed by atoms with E-state index in [0.717, 1.165) is 23.9 Å². The highest BCUT2D eigenvalue weighted by molar-refractivity contribution is 7.14. The minimum absolute atomic E-state index is 0.282. The number of hydrogen-bond donors (Lipinski definition) is 0. The highest BCUT2D eigenvalue weighted by Crippen LogP contribution is 2.27. The summed E-state index contributed by atoms with van der Waals surface area (Å²) in [5.41, 5.74) is 0. The van der Waals surface area contributed by atoms with Gasteiger partial charge < -0.3 is 0 Å². The van der Waals surface area contributed by atoms with Gasteiger partial charge in [0.1, 0.15) is 0 Å². The van der Waals surface area contributed by atoms with Crippen LogP contribution in [0.15, 0.2) is 12.1 Å². The van der Waals surface area contributed by atoms with E-state index in [1.165, 1.54) is 24.1 Å². The first-order valence-corrected chi connectivity index (χ1v) is 7.32. The van der Waals surface area contributed by atoms with E-state index in [2.05, 4.69) is 11.8 Å². The number of rotatable bonds is 6. The Bertz CT molecular complexity index is 381. The van der Waals surface area contributed by atoms with Gasteiger partial charge in [-0.25, -0.2) is 0 Å². The largest absolute Gasteiger partial charge is 0.296 e. The lowest BCUT2D eigenvalue weighted by molar-refractivity contribution is 0.0909. The van der Waals surface area contributed by atoms with Crippen LogP contribution in [0.25, 0.3) is 0 Å². The number of carbonyl (C=O) groups excluding carboxylic acids is 1. The molecule has 1 aromatic heterocycles. The average Bonchev–Trinajstić information content (AvgIpc) is 2.68. The maximum atomic E-state index is 12.1. The normalized spacial score (nSPS) is 16.2. The molecule has 0 aliphatic heterocycles. The van der Waals surface area contributed by atoms with Gasteiger partial charge in [0.25, 0.3) is 0 Å². The van der Waals surface area contributed by atoms with Gasteiger partial charge in [-0.1, -0.05) is 13.3 Å². The number of aryl methyl sites for hydroxylation is 1. The van der Waals surface area contributed by atoms with Gasteiger partial charge in [0.15, 0.2) is 5.78 Å². The quantitative estimate of drug-likeness (QED) is 0.723. The fourth-order valence-electron chi connectivity index (χ4n) is 2.21. The number of ketones is 1. The van der Waals surface area contributed by atoms with Crippen molar-refractivity contribution in [1.29, 1.82) is 0 Å². The molecule has 0 unspecified atom stereocenters. The van der Waals surface area contributed by atoms with Gasteiger partial charge in [-0.15, -0.1) is 11.3 Å². The number of likely N-dealkylation sites (N-methyl/N-ethyl adjacent to an activating group) is 1. The van der Waals surface area contributed by atoms with Crippen molar-refractivity contribution in [2.24, 2.45) is 5.92 Å². The van der Waals surface area contributed by atoms with Crippen LogP contribution >= 0.6 is 11.3 Å². The molecule has 2 rings (SSSR count). The Hall–Kier alpha value is -0.670. The number of hydrogen-bond acceptors (Lipinski definition) is 3. The molecular weight excluding hydrogens is 230 g/mol. The molecule has 1 heterocycles. The molecule has 0 atom stereocenters. The topological polar surface area (TPSA) is 20.3 Å². The third kappa shape index (κ3) is 3.39. The predicted molar refractivity (Wildman–Crippen MR) is 72.8 cm³/mol. The Morgan fingerprint density at radius 1 is 1.47 bits per heavy atom. The van der Waals surface area contributed by atoms with Crippen LogP contribution in [0.4, 0.5) is 0 Å². The fraction of sp³-hybridized carbons (Fsp3) is 0.643. The molecule has 0 amide bonds. The van der Waals surface area contributed by atoms with Crippen LogP contribution in [0.1, 0.15) is 40.7 Å². The van der Waals surface area contributed by atoms with Crippen LogP contribution in [0, 0.1) is 12.8 Å². The second-order valence-electron chi connectivity index (χ2n) is 4.96. The van der Waals surface area contributed by atoms with E-state index < -0.39 is 0 Å². The van der Waals surface area contributed by atoms with Gasteiger partial charge in [0, 0.05) is 11.4 Å². The summed E-state index contributed by atoms with van der Waals surface area (Å²) >= 11 is 1.61. The number of thiophene rings is 1. The summed E-state index contributed by atoms with van der Waals surface area (Å²) < 4.78 is 0. The molecule has 3 heteroatoms. The number of nitrogens with zero attached hydrogens (tertiary/aromatic N) is 1. The Morgan fingerprint density at radius 3 is 2.71 bits per heavy atom. The lowest BCUT2D eigenvalue weighted by Gasteiger charge is -2.31. The molecule has 0 aromatic carbocycles. The van der Waals surface area contributed by atoms with Crippen molar-refractivity contribution >= 4 is 17.1 Å². The molecule has 1 aromatic rings. The molecule has 0 N–H and O–H groups in total. The second-order valence-corrected chi connectivity index (χ2v) is 6.25. The van der Waals surface area contributed by atoms with E-state index in [9.17, 15) is 4.79 Å². The molecule has 1 aliphatic carbocycles. The van der Waals surface area contributed by atoms with Crippen LogP contribution in [0.5, 0.6) is 0 Å². The second kappa shape index (κ2) is 5.78.